The monoisotopic (exact) mass is 270 g/mol. The molecule has 1 aromatic rings. The first kappa shape index (κ1) is 12.8. The van der Waals surface area contributed by atoms with Crippen molar-refractivity contribution in [1.29, 1.82) is 0 Å². The molecule has 0 aliphatic carbocycles. The van der Waals surface area contributed by atoms with Gasteiger partial charge in [-0.2, -0.15) is 8.42 Å². The molecule has 1 aliphatic heterocycles. The minimum absolute atomic E-state index is 0.0279. The lowest BCUT2D eigenvalue weighted by molar-refractivity contribution is -0.121. The van der Waals surface area contributed by atoms with E-state index < -0.39 is 10.2 Å². The van der Waals surface area contributed by atoms with E-state index in [4.69, 9.17) is 5.14 Å². The molecule has 8 heteroatoms. The maximum atomic E-state index is 11.7. The number of nitrogens with one attached hydrogen (secondary N) is 3. The summed E-state index contributed by atoms with van der Waals surface area (Å²) >= 11 is 0. The minimum atomic E-state index is -3.80. The van der Waals surface area contributed by atoms with Crippen LogP contribution in [0.25, 0.3) is 0 Å². The SMILES string of the molecule is NS(=O)(=O)Nc1cccc(NC(=O)C2CNC2)c1. The molecule has 1 aliphatic rings. The Labute approximate surface area is 105 Å². The van der Waals surface area contributed by atoms with Gasteiger partial charge in [0.2, 0.25) is 5.91 Å². The van der Waals surface area contributed by atoms with Crippen molar-refractivity contribution in [2.75, 3.05) is 23.1 Å². The number of carbonyl (C=O) groups is 1. The fourth-order valence-corrected chi connectivity index (χ4v) is 2.00. The van der Waals surface area contributed by atoms with Crippen LogP contribution in [0.2, 0.25) is 0 Å². The third kappa shape index (κ3) is 3.42. The maximum absolute atomic E-state index is 11.7. The first-order valence-electron chi connectivity index (χ1n) is 5.36. The van der Waals surface area contributed by atoms with E-state index >= 15 is 0 Å². The predicted molar refractivity (Wildman–Crippen MR) is 68.2 cm³/mol. The van der Waals surface area contributed by atoms with Gasteiger partial charge < -0.3 is 10.6 Å². The van der Waals surface area contributed by atoms with Crippen molar-refractivity contribution in [3.63, 3.8) is 0 Å². The molecule has 18 heavy (non-hydrogen) atoms. The average molecular weight is 270 g/mol. The summed E-state index contributed by atoms with van der Waals surface area (Å²) < 4.78 is 23.9. The second kappa shape index (κ2) is 4.92. The van der Waals surface area contributed by atoms with Crippen LogP contribution >= 0.6 is 0 Å². The third-order valence-electron chi connectivity index (χ3n) is 2.54. The summed E-state index contributed by atoms with van der Waals surface area (Å²) in [5, 5.41) is 10.6. The molecule has 0 saturated carbocycles. The lowest BCUT2D eigenvalue weighted by Gasteiger charge is -2.25. The highest BCUT2D eigenvalue weighted by atomic mass is 32.2. The molecule has 1 aromatic carbocycles. The van der Waals surface area contributed by atoms with Crippen molar-refractivity contribution in [3.05, 3.63) is 24.3 Å². The quantitative estimate of drug-likeness (QED) is 0.588. The molecular formula is C10H14N4O3S. The molecule has 7 nitrogen and oxygen atoms in total. The highest BCUT2D eigenvalue weighted by Crippen LogP contribution is 2.17. The number of rotatable bonds is 4. The van der Waals surface area contributed by atoms with Crippen LogP contribution in [0.5, 0.6) is 0 Å². The van der Waals surface area contributed by atoms with E-state index in [0.717, 1.165) is 0 Å². The van der Waals surface area contributed by atoms with Gasteiger partial charge in [-0.05, 0) is 18.2 Å². The topological polar surface area (TPSA) is 113 Å². The van der Waals surface area contributed by atoms with Crippen LogP contribution < -0.4 is 20.5 Å². The number of anilines is 2. The predicted octanol–water partition coefficient (Wildman–Crippen LogP) is -0.540. The van der Waals surface area contributed by atoms with Crippen LogP contribution in [-0.4, -0.2) is 27.4 Å². The number of hydrogen-bond acceptors (Lipinski definition) is 4. The minimum Gasteiger partial charge on any atom is -0.326 e. The van der Waals surface area contributed by atoms with Crippen LogP contribution in [0.4, 0.5) is 11.4 Å². The van der Waals surface area contributed by atoms with E-state index in [1.165, 1.54) is 6.07 Å². The number of amides is 1. The summed E-state index contributed by atoms with van der Waals surface area (Å²) in [6.45, 7) is 1.34. The Balaban J connectivity index is 2.04. The molecule has 1 amide bonds. The van der Waals surface area contributed by atoms with Crippen molar-refractivity contribution in [1.82, 2.24) is 5.32 Å². The largest absolute Gasteiger partial charge is 0.326 e. The summed E-state index contributed by atoms with van der Waals surface area (Å²) in [6, 6.07) is 6.36. The lowest BCUT2D eigenvalue weighted by atomic mass is 10.0. The molecule has 0 radical (unpaired) electrons. The van der Waals surface area contributed by atoms with E-state index in [-0.39, 0.29) is 11.8 Å². The van der Waals surface area contributed by atoms with E-state index in [9.17, 15) is 13.2 Å². The molecular weight excluding hydrogens is 256 g/mol. The zero-order chi connectivity index (χ0) is 13.2. The Kier molecular flexibility index (Phi) is 3.50. The highest BCUT2D eigenvalue weighted by molar-refractivity contribution is 7.90. The lowest BCUT2D eigenvalue weighted by Crippen LogP contribution is -2.48. The summed E-state index contributed by atoms with van der Waals surface area (Å²) in [4.78, 5) is 11.7. The fraction of sp³-hybridized carbons (Fsp3) is 0.300. The molecule has 1 fully saturated rings. The molecule has 98 valence electrons. The van der Waals surface area contributed by atoms with Crippen LogP contribution in [0.15, 0.2) is 24.3 Å². The molecule has 5 N–H and O–H groups in total. The Morgan fingerprint density at radius 2 is 2.00 bits per heavy atom. The van der Waals surface area contributed by atoms with Crippen molar-refractivity contribution in [3.8, 4) is 0 Å². The van der Waals surface area contributed by atoms with Gasteiger partial charge in [0, 0.05) is 18.8 Å². The van der Waals surface area contributed by atoms with E-state index in [2.05, 4.69) is 15.4 Å². The first-order valence-corrected chi connectivity index (χ1v) is 6.91. The highest BCUT2D eigenvalue weighted by Gasteiger charge is 2.24. The number of hydrogen-bond donors (Lipinski definition) is 4. The van der Waals surface area contributed by atoms with Gasteiger partial charge in [0.15, 0.2) is 0 Å². The van der Waals surface area contributed by atoms with Crippen molar-refractivity contribution in [2.24, 2.45) is 11.1 Å². The van der Waals surface area contributed by atoms with Crippen molar-refractivity contribution in [2.45, 2.75) is 0 Å². The van der Waals surface area contributed by atoms with Crippen molar-refractivity contribution < 1.29 is 13.2 Å². The van der Waals surface area contributed by atoms with Gasteiger partial charge in [-0.25, -0.2) is 5.14 Å². The molecule has 0 aromatic heterocycles. The van der Waals surface area contributed by atoms with Gasteiger partial charge in [-0.3, -0.25) is 9.52 Å². The standard InChI is InChI=1S/C10H14N4O3S/c11-18(16,17)14-9-3-1-2-8(4-9)13-10(15)7-5-12-6-7/h1-4,7,12,14H,5-6H2,(H,13,15)(H2,11,16,17). The second-order valence-electron chi connectivity index (χ2n) is 4.07. The van der Waals surface area contributed by atoms with Gasteiger partial charge in [0.1, 0.15) is 0 Å². The Morgan fingerprint density at radius 1 is 1.33 bits per heavy atom. The normalized spacial score (nSPS) is 15.8. The Bertz CT molecular complexity index is 554. The van der Waals surface area contributed by atoms with Gasteiger partial charge in [-0.15, -0.1) is 0 Å². The molecule has 0 bridgehead atoms. The van der Waals surface area contributed by atoms with Crippen molar-refractivity contribution >= 4 is 27.5 Å². The van der Waals surface area contributed by atoms with E-state index in [1.54, 1.807) is 18.2 Å². The number of nitrogens with two attached hydrogens (primary N) is 1. The number of benzene rings is 1. The van der Waals surface area contributed by atoms with Crippen LogP contribution in [0.1, 0.15) is 0 Å². The van der Waals surface area contributed by atoms with Gasteiger partial charge >= 0.3 is 0 Å². The number of carbonyl (C=O) groups excluding carboxylic acids is 1. The second-order valence-corrected chi connectivity index (χ2v) is 5.37. The van der Waals surface area contributed by atoms with E-state index in [0.29, 0.717) is 24.5 Å². The van der Waals surface area contributed by atoms with Gasteiger partial charge in [0.05, 0.1) is 11.6 Å². The molecule has 0 atom stereocenters. The Morgan fingerprint density at radius 3 is 2.56 bits per heavy atom. The van der Waals surface area contributed by atoms with Gasteiger partial charge in [-0.1, -0.05) is 6.07 Å². The summed E-state index contributed by atoms with van der Waals surface area (Å²) in [7, 11) is -3.80. The average Bonchev–Trinajstić information content (AvgIpc) is 2.11. The summed E-state index contributed by atoms with van der Waals surface area (Å²) in [5.41, 5.74) is 0.836. The molecule has 0 unspecified atom stereocenters. The summed E-state index contributed by atoms with van der Waals surface area (Å²) in [5.74, 6) is -0.110. The van der Waals surface area contributed by atoms with Crippen LogP contribution in [0.3, 0.4) is 0 Å². The van der Waals surface area contributed by atoms with Crippen LogP contribution in [-0.2, 0) is 15.0 Å². The van der Waals surface area contributed by atoms with Crippen LogP contribution in [0, 0.1) is 5.92 Å². The zero-order valence-electron chi connectivity index (χ0n) is 9.51. The Hall–Kier alpha value is -1.64. The third-order valence-corrected chi connectivity index (χ3v) is 3.06. The molecule has 2 rings (SSSR count). The van der Waals surface area contributed by atoms with Gasteiger partial charge in [0.25, 0.3) is 10.2 Å². The maximum Gasteiger partial charge on any atom is 0.296 e. The molecule has 1 heterocycles. The zero-order valence-corrected chi connectivity index (χ0v) is 10.3. The first-order chi connectivity index (χ1) is 8.44. The van der Waals surface area contributed by atoms with E-state index in [1.807, 2.05) is 0 Å². The summed E-state index contributed by atoms with van der Waals surface area (Å²) in [6.07, 6.45) is 0. The fourth-order valence-electron chi connectivity index (χ4n) is 1.54. The molecule has 0 spiro atoms. The smallest absolute Gasteiger partial charge is 0.296 e. The molecule has 1 saturated heterocycles.